The zero-order chi connectivity index (χ0) is 14.2. The molecule has 21 heavy (non-hydrogen) atoms. The molecule has 0 N–H and O–H groups in total. The normalized spacial score (nSPS) is 11.1. The summed E-state index contributed by atoms with van der Waals surface area (Å²) in [6, 6.07) is 23.1. The lowest BCUT2D eigenvalue weighted by Gasteiger charge is -2.05. The molecular formula is C19H15N2+. The van der Waals surface area contributed by atoms with Crippen LogP contribution in [0.5, 0.6) is 0 Å². The van der Waals surface area contributed by atoms with Gasteiger partial charge in [-0.3, -0.25) is 0 Å². The maximum atomic E-state index is 4.77. The van der Waals surface area contributed by atoms with Gasteiger partial charge in [0.05, 0.1) is 0 Å². The monoisotopic (exact) mass is 271 g/mol. The molecule has 0 saturated carbocycles. The van der Waals surface area contributed by atoms with Gasteiger partial charge in [-0.05, 0) is 18.4 Å². The Labute approximate surface area is 123 Å². The molecule has 0 bridgehead atoms. The highest BCUT2D eigenvalue weighted by Crippen LogP contribution is 2.22. The Hall–Kier alpha value is -2.74. The number of nitrogens with zero attached hydrogens (tertiary/aromatic N) is 2. The summed E-state index contributed by atoms with van der Waals surface area (Å²) in [6.45, 7) is 2.04. The summed E-state index contributed by atoms with van der Waals surface area (Å²) < 4.78 is 2.21. The van der Waals surface area contributed by atoms with Crippen molar-refractivity contribution in [1.82, 2.24) is 4.98 Å². The lowest BCUT2D eigenvalue weighted by Crippen LogP contribution is -2.32. The average molecular weight is 271 g/mol. The number of hydrogen-bond acceptors (Lipinski definition) is 1. The number of para-hydroxylation sites is 1. The number of rotatable bonds is 1. The highest BCUT2D eigenvalue weighted by atomic mass is 15.0. The first kappa shape index (κ1) is 12.0. The molecular weight excluding hydrogens is 256 g/mol. The van der Waals surface area contributed by atoms with Crippen LogP contribution in [0.2, 0.25) is 0 Å². The largest absolute Gasteiger partial charge is 0.240 e. The van der Waals surface area contributed by atoms with Crippen molar-refractivity contribution in [3.05, 3.63) is 78.6 Å². The molecule has 4 aromatic rings. The van der Waals surface area contributed by atoms with Crippen molar-refractivity contribution in [1.29, 1.82) is 0 Å². The predicted octanol–water partition coefficient (Wildman–Crippen LogP) is 3.97. The van der Waals surface area contributed by atoms with Crippen molar-refractivity contribution in [2.45, 2.75) is 6.92 Å². The van der Waals surface area contributed by atoms with E-state index in [0.717, 1.165) is 22.4 Å². The van der Waals surface area contributed by atoms with Gasteiger partial charge in [0.25, 0.3) is 0 Å². The Morgan fingerprint density at radius 2 is 1.57 bits per heavy atom. The molecule has 0 amide bonds. The smallest absolute Gasteiger partial charge is 0.237 e. The van der Waals surface area contributed by atoms with Crippen LogP contribution in [0.15, 0.2) is 72.9 Å². The van der Waals surface area contributed by atoms with E-state index in [1.165, 1.54) is 10.8 Å². The Balaban J connectivity index is 2.15. The molecule has 1 heterocycles. The minimum Gasteiger partial charge on any atom is -0.240 e. The molecule has 0 radical (unpaired) electrons. The van der Waals surface area contributed by atoms with E-state index in [0.29, 0.717) is 0 Å². The Bertz CT molecular complexity index is 943. The van der Waals surface area contributed by atoms with Gasteiger partial charge >= 0.3 is 0 Å². The van der Waals surface area contributed by atoms with Gasteiger partial charge in [0.2, 0.25) is 11.2 Å². The minimum absolute atomic E-state index is 1.02. The highest BCUT2D eigenvalue weighted by molar-refractivity contribution is 6.02. The van der Waals surface area contributed by atoms with Crippen molar-refractivity contribution < 1.29 is 4.57 Å². The summed E-state index contributed by atoms with van der Waals surface area (Å²) in [4.78, 5) is 4.77. The molecule has 2 nitrogen and oxygen atoms in total. The van der Waals surface area contributed by atoms with E-state index in [-0.39, 0.29) is 0 Å². The van der Waals surface area contributed by atoms with E-state index in [1.54, 1.807) is 0 Å². The standard InChI is InChI=1S/C19H15N2/c1-14-13-21(16-8-3-2-4-9-16)18-12-11-15-7-5-6-10-17(15)19(18)20-14/h2-13H,1H3/q+1. The Morgan fingerprint density at radius 3 is 2.43 bits per heavy atom. The summed E-state index contributed by atoms with van der Waals surface area (Å²) in [7, 11) is 0. The fraction of sp³-hybridized carbons (Fsp3) is 0.0526. The molecule has 0 aliphatic heterocycles. The predicted molar refractivity (Wildman–Crippen MR) is 85.5 cm³/mol. The molecule has 100 valence electrons. The van der Waals surface area contributed by atoms with Crippen LogP contribution in [0, 0.1) is 6.92 Å². The van der Waals surface area contributed by atoms with Gasteiger partial charge in [0.1, 0.15) is 11.2 Å². The van der Waals surface area contributed by atoms with E-state index in [2.05, 4.69) is 71.4 Å². The Kier molecular flexibility index (Phi) is 2.68. The van der Waals surface area contributed by atoms with Crippen LogP contribution in [0.4, 0.5) is 0 Å². The molecule has 0 aliphatic carbocycles. The van der Waals surface area contributed by atoms with Gasteiger partial charge in [0, 0.05) is 23.6 Å². The van der Waals surface area contributed by atoms with Gasteiger partial charge in [-0.2, -0.15) is 4.57 Å². The SMILES string of the molecule is Cc1c[n+](-c2ccccc2)c2ccc3ccccc3c2n1. The third kappa shape index (κ3) is 1.96. The topological polar surface area (TPSA) is 16.8 Å². The molecule has 1 aromatic heterocycles. The van der Waals surface area contributed by atoms with Gasteiger partial charge in [-0.1, -0.05) is 42.5 Å². The lowest BCUT2D eigenvalue weighted by molar-refractivity contribution is -0.568. The molecule has 2 heteroatoms. The second kappa shape index (κ2) is 4.67. The van der Waals surface area contributed by atoms with Crippen molar-refractivity contribution >= 4 is 21.8 Å². The fourth-order valence-corrected chi connectivity index (χ4v) is 2.82. The number of fused-ring (bicyclic) bond motifs is 3. The molecule has 0 fully saturated rings. The van der Waals surface area contributed by atoms with Gasteiger partial charge in [0.15, 0.2) is 6.20 Å². The van der Waals surface area contributed by atoms with Crippen LogP contribution in [0.1, 0.15) is 5.69 Å². The molecule has 0 saturated heterocycles. The zero-order valence-corrected chi connectivity index (χ0v) is 11.8. The quantitative estimate of drug-likeness (QED) is 0.378. The second-order valence-electron chi connectivity index (χ2n) is 5.24. The Morgan fingerprint density at radius 1 is 0.810 bits per heavy atom. The van der Waals surface area contributed by atoms with E-state index in [9.17, 15) is 0 Å². The number of aryl methyl sites for hydroxylation is 1. The molecule has 4 rings (SSSR count). The molecule has 3 aromatic carbocycles. The summed E-state index contributed by atoms with van der Waals surface area (Å²) in [5.74, 6) is 0. The summed E-state index contributed by atoms with van der Waals surface area (Å²) in [5.41, 5.74) is 4.36. The third-order valence-electron chi connectivity index (χ3n) is 3.78. The molecule has 0 spiro atoms. The van der Waals surface area contributed by atoms with Crippen LogP contribution >= 0.6 is 0 Å². The van der Waals surface area contributed by atoms with E-state index < -0.39 is 0 Å². The van der Waals surface area contributed by atoms with Crippen molar-refractivity contribution in [2.75, 3.05) is 0 Å². The fourth-order valence-electron chi connectivity index (χ4n) is 2.82. The van der Waals surface area contributed by atoms with Gasteiger partial charge in [-0.25, -0.2) is 4.98 Å². The molecule has 0 unspecified atom stereocenters. The van der Waals surface area contributed by atoms with Crippen LogP contribution in [-0.2, 0) is 0 Å². The van der Waals surface area contributed by atoms with Crippen LogP contribution in [-0.4, -0.2) is 4.98 Å². The summed E-state index contributed by atoms with van der Waals surface area (Å²) >= 11 is 0. The second-order valence-corrected chi connectivity index (χ2v) is 5.24. The van der Waals surface area contributed by atoms with Gasteiger partial charge < -0.3 is 0 Å². The van der Waals surface area contributed by atoms with Crippen molar-refractivity contribution in [2.24, 2.45) is 0 Å². The first-order valence-corrected chi connectivity index (χ1v) is 7.09. The first-order chi connectivity index (χ1) is 10.3. The highest BCUT2D eigenvalue weighted by Gasteiger charge is 2.15. The molecule has 0 atom stereocenters. The number of aromatic nitrogens is 2. The first-order valence-electron chi connectivity index (χ1n) is 7.09. The van der Waals surface area contributed by atoms with Gasteiger partial charge in [-0.15, -0.1) is 0 Å². The summed E-state index contributed by atoms with van der Waals surface area (Å²) in [6.07, 6.45) is 2.09. The number of benzene rings is 3. The maximum absolute atomic E-state index is 4.77. The maximum Gasteiger partial charge on any atom is 0.237 e. The summed E-state index contributed by atoms with van der Waals surface area (Å²) in [5, 5.41) is 2.42. The van der Waals surface area contributed by atoms with Crippen molar-refractivity contribution in [3.8, 4) is 5.69 Å². The van der Waals surface area contributed by atoms with Crippen LogP contribution < -0.4 is 4.57 Å². The average Bonchev–Trinajstić information content (AvgIpc) is 2.55. The number of hydrogen-bond donors (Lipinski definition) is 0. The van der Waals surface area contributed by atoms with Crippen LogP contribution in [0.25, 0.3) is 27.5 Å². The van der Waals surface area contributed by atoms with Crippen molar-refractivity contribution in [3.63, 3.8) is 0 Å². The van der Waals surface area contributed by atoms with E-state index in [1.807, 2.05) is 13.0 Å². The van der Waals surface area contributed by atoms with Crippen LogP contribution in [0.3, 0.4) is 0 Å². The molecule has 0 aliphatic rings. The van der Waals surface area contributed by atoms with E-state index >= 15 is 0 Å². The minimum atomic E-state index is 1.02. The van der Waals surface area contributed by atoms with E-state index in [4.69, 9.17) is 4.98 Å². The lowest BCUT2D eigenvalue weighted by atomic mass is 10.1. The zero-order valence-electron chi connectivity index (χ0n) is 11.8. The third-order valence-corrected chi connectivity index (χ3v) is 3.78.